The number of hydrogen-bond acceptors (Lipinski definition) is 4. The minimum Gasteiger partial charge on any atom is -0.325 e. The van der Waals surface area contributed by atoms with Crippen LogP contribution in [0.25, 0.3) is 0 Å². The topological polar surface area (TPSA) is 70.7 Å². The third-order valence-electron chi connectivity index (χ3n) is 3.04. The summed E-state index contributed by atoms with van der Waals surface area (Å²) in [5, 5.41) is 10.4. The molecule has 0 aliphatic rings. The minimum atomic E-state index is -0.0554. The second-order valence-corrected chi connectivity index (χ2v) is 5.97. The van der Waals surface area contributed by atoms with E-state index in [0.717, 1.165) is 17.9 Å². The molecule has 2 rings (SSSR count). The lowest BCUT2D eigenvalue weighted by Crippen LogP contribution is -2.14. The Hall–Kier alpha value is -1.82. The molecule has 1 amide bonds. The normalized spacial score (nSPS) is 10.9. The zero-order valence-electron chi connectivity index (χ0n) is 12.5. The van der Waals surface area contributed by atoms with Crippen LogP contribution in [-0.2, 0) is 11.2 Å². The maximum absolute atomic E-state index is 11.9. The molecule has 5 nitrogen and oxygen atoms in total. The third-order valence-corrected chi connectivity index (χ3v) is 3.89. The summed E-state index contributed by atoms with van der Waals surface area (Å²) in [6.45, 7) is 6.29. The molecule has 2 N–H and O–H groups in total. The molecule has 0 aliphatic carbocycles. The van der Waals surface area contributed by atoms with Gasteiger partial charge in [-0.3, -0.25) is 9.89 Å². The monoisotopic (exact) mass is 304 g/mol. The highest BCUT2D eigenvalue weighted by atomic mass is 32.2. The molecule has 0 spiro atoms. The lowest BCUT2D eigenvalue weighted by atomic mass is 10.0. The first-order chi connectivity index (χ1) is 10.1. The Balaban J connectivity index is 1.83. The smallest absolute Gasteiger partial charge is 0.234 e. The molecule has 21 heavy (non-hydrogen) atoms. The highest BCUT2D eigenvalue weighted by molar-refractivity contribution is 7.99. The van der Waals surface area contributed by atoms with E-state index in [1.54, 1.807) is 0 Å². The molecule has 1 aromatic heterocycles. The summed E-state index contributed by atoms with van der Waals surface area (Å²) in [6.07, 6.45) is 0.807. The van der Waals surface area contributed by atoms with Crippen LogP contribution >= 0.6 is 11.8 Å². The zero-order valence-corrected chi connectivity index (χ0v) is 13.3. The van der Waals surface area contributed by atoms with Gasteiger partial charge in [-0.25, -0.2) is 4.98 Å². The number of hydrogen-bond donors (Lipinski definition) is 2. The number of nitrogens with zero attached hydrogens (tertiary/aromatic N) is 2. The number of nitrogens with one attached hydrogen (secondary N) is 2. The van der Waals surface area contributed by atoms with Crippen LogP contribution in [-0.4, -0.2) is 26.8 Å². The summed E-state index contributed by atoms with van der Waals surface area (Å²) >= 11 is 1.33. The summed E-state index contributed by atoms with van der Waals surface area (Å²) in [5.74, 6) is 1.57. The van der Waals surface area contributed by atoms with E-state index in [1.807, 2.05) is 31.2 Å². The van der Waals surface area contributed by atoms with Gasteiger partial charge in [-0.1, -0.05) is 44.7 Å². The van der Waals surface area contributed by atoms with Gasteiger partial charge in [0, 0.05) is 12.1 Å². The molecular formula is C15H20N4OS. The Labute approximate surface area is 128 Å². The molecule has 1 heterocycles. The van der Waals surface area contributed by atoms with Crippen LogP contribution in [0.1, 0.15) is 38.1 Å². The number of benzene rings is 1. The Morgan fingerprint density at radius 2 is 2.05 bits per heavy atom. The van der Waals surface area contributed by atoms with Crippen molar-refractivity contribution in [1.82, 2.24) is 15.2 Å². The molecule has 2 aromatic rings. The molecule has 0 fully saturated rings. The molecule has 0 atom stereocenters. The molecule has 0 unspecified atom stereocenters. The van der Waals surface area contributed by atoms with Crippen molar-refractivity contribution >= 4 is 23.4 Å². The molecular weight excluding hydrogens is 284 g/mol. The van der Waals surface area contributed by atoms with Gasteiger partial charge in [-0.2, -0.15) is 0 Å². The van der Waals surface area contributed by atoms with Crippen molar-refractivity contribution in [3.8, 4) is 0 Å². The predicted octanol–water partition coefficient (Wildman–Crippen LogP) is 3.22. The molecule has 6 heteroatoms. The van der Waals surface area contributed by atoms with Gasteiger partial charge >= 0.3 is 0 Å². The Morgan fingerprint density at radius 3 is 2.62 bits per heavy atom. The number of amides is 1. The lowest BCUT2D eigenvalue weighted by molar-refractivity contribution is -0.113. The van der Waals surface area contributed by atoms with Crippen LogP contribution < -0.4 is 5.32 Å². The van der Waals surface area contributed by atoms with E-state index in [1.165, 1.54) is 17.3 Å². The SMILES string of the molecule is CCc1nc(SCC(=O)Nc2ccc(C(C)C)cc2)n[nH]1. The van der Waals surface area contributed by atoms with Crippen LogP contribution in [0.4, 0.5) is 5.69 Å². The van der Waals surface area contributed by atoms with Crippen molar-refractivity contribution in [2.75, 3.05) is 11.1 Å². The van der Waals surface area contributed by atoms with E-state index in [2.05, 4.69) is 34.3 Å². The van der Waals surface area contributed by atoms with Gasteiger partial charge in [0.25, 0.3) is 0 Å². The summed E-state index contributed by atoms with van der Waals surface area (Å²) < 4.78 is 0. The van der Waals surface area contributed by atoms with E-state index < -0.39 is 0 Å². The molecule has 0 aliphatic heterocycles. The Morgan fingerprint density at radius 1 is 1.33 bits per heavy atom. The van der Waals surface area contributed by atoms with Crippen molar-refractivity contribution in [3.63, 3.8) is 0 Å². The number of rotatable bonds is 6. The van der Waals surface area contributed by atoms with Gasteiger partial charge in [0.1, 0.15) is 5.82 Å². The number of anilines is 1. The van der Waals surface area contributed by atoms with Gasteiger partial charge in [0.15, 0.2) is 0 Å². The van der Waals surface area contributed by atoms with Crippen molar-refractivity contribution in [2.45, 2.75) is 38.3 Å². The van der Waals surface area contributed by atoms with Crippen LogP contribution in [0.5, 0.6) is 0 Å². The number of aromatic nitrogens is 3. The number of aromatic amines is 1. The van der Waals surface area contributed by atoms with Crippen molar-refractivity contribution < 1.29 is 4.79 Å². The summed E-state index contributed by atoms with van der Waals surface area (Å²) in [4.78, 5) is 16.1. The molecule has 0 saturated heterocycles. The van der Waals surface area contributed by atoms with Crippen molar-refractivity contribution in [2.24, 2.45) is 0 Å². The summed E-state index contributed by atoms with van der Waals surface area (Å²) in [6, 6.07) is 7.94. The van der Waals surface area contributed by atoms with Crippen LogP contribution in [0.2, 0.25) is 0 Å². The molecule has 1 aromatic carbocycles. The van der Waals surface area contributed by atoms with Crippen LogP contribution in [0.3, 0.4) is 0 Å². The maximum atomic E-state index is 11.9. The number of thioether (sulfide) groups is 1. The number of carbonyl (C=O) groups excluding carboxylic acids is 1. The zero-order chi connectivity index (χ0) is 15.2. The Kier molecular flexibility index (Phi) is 5.38. The largest absolute Gasteiger partial charge is 0.325 e. The fraction of sp³-hybridized carbons (Fsp3) is 0.400. The van der Waals surface area contributed by atoms with E-state index in [0.29, 0.717) is 16.8 Å². The fourth-order valence-electron chi connectivity index (χ4n) is 1.78. The fourth-order valence-corrected chi connectivity index (χ4v) is 2.40. The van der Waals surface area contributed by atoms with Gasteiger partial charge < -0.3 is 5.32 Å². The molecule has 112 valence electrons. The minimum absolute atomic E-state index is 0.0554. The van der Waals surface area contributed by atoms with Crippen LogP contribution in [0.15, 0.2) is 29.4 Å². The standard InChI is InChI=1S/C15H20N4OS/c1-4-13-17-15(19-18-13)21-9-14(20)16-12-7-5-11(6-8-12)10(2)3/h5-8,10H,4,9H2,1-3H3,(H,16,20)(H,17,18,19). The number of H-pyrrole nitrogens is 1. The van der Waals surface area contributed by atoms with Crippen molar-refractivity contribution in [1.29, 1.82) is 0 Å². The molecule has 0 bridgehead atoms. The summed E-state index contributed by atoms with van der Waals surface area (Å²) in [7, 11) is 0. The maximum Gasteiger partial charge on any atom is 0.234 e. The Bertz CT molecular complexity index is 592. The van der Waals surface area contributed by atoms with E-state index in [9.17, 15) is 4.79 Å². The lowest BCUT2D eigenvalue weighted by Gasteiger charge is -2.08. The van der Waals surface area contributed by atoms with Gasteiger partial charge in [-0.05, 0) is 23.6 Å². The first kappa shape index (κ1) is 15.6. The molecule has 0 saturated carbocycles. The highest BCUT2D eigenvalue weighted by Crippen LogP contribution is 2.18. The number of aryl methyl sites for hydroxylation is 1. The van der Waals surface area contributed by atoms with Gasteiger partial charge in [-0.15, -0.1) is 5.10 Å². The predicted molar refractivity (Wildman–Crippen MR) is 85.6 cm³/mol. The van der Waals surface area contributed by atoms with Gasteiger partial charge in [0.05, 0.1) is 5.75 Å². The van der Waals surface area contributed by atoms with E-state index in [-0.39, 0.29) is 5.91 Å². The average Bonchev–Trinajstić information content (AvgIpc) is 2.94. The second-order valence-electron chi connectivity index (χ2n) is 5.03. The van der Waals surface area contributed by atoms with E-state index >= 15 is 0 Å². The third kappa shape index (κ3) is 4.60. The first-order valence-electron chi connectivity index (χ1n) is 7.02. The summed E-state index contributed by atoms with van der Waals surface area (Å²) in [5.41, 5.74) is 2.07. The molecule has 0 radical (unpaired) electrons. The highest BCUT2D eigenvalue weighted by Gasteiger charge is 2.07. The quantitative estimate of drug-likeness (QED) is 0.804. The van der Waals surface area contributed by atoms with Crippen LogP contribution in [0, 0.1) is 0 Å². The van der Waals surface area contributed by atoms with E-state index in [4.69, 9.17) is 0 Å². The van der Waals surface area contributed by atoms with Crippen molar-refractivity contribution in [3.05, 3.63) is 35.7 Å². The second kappa shape index (κ2) is 7.26. The van der Waals surface area contributed by atoms with Gasteiger partial charge in [0.2, 0.25) is 11.1 Å². The first-order valence-corrected chi connectivity index (χ1v) is 8.01. The number of carbonyl (C=O) groups is 1. The average molecular weight is 304 g/mol.